The average Bonchev–Trinajstić information content (AvgIpc) is 3.30. The van der Waals surface area contributed by atoms with Crippen LogP contribution in [0, 0.1) is 0 Å². The summed E-state index contributed by atoms with van der Waals surface area (Å²) in [6.07, 6.45) is 3.76. The van der Waals surface area contributed by atoms with Crippen LogP contribution >= 0.6 is 11.8 Å². The zero-order chi connectivity index (χ0) is 23.5. The molecule has 0 spiro atoms. The van der Waals surface area contributed by atoms with Crippen molar-refractivity contribution >= 4 is 35.5 Å². The molecule has 3 atom stereocenters. The van der Waals surface area contributed by atoms with Crippen molar-refractivity contribution in [1.82, 2.24) is 21.3 Å². The number of carboxylic acid groups (broad SMARTS) is 1. The van der Waals surface area contributed by atoms with Crippen molar-refractivity contribution in [2.24, 2.45) is 0 Å². The molecule has 3 amide bonds. The number of carbonyl (C=O) groups excluding carboxylic acids is 3. The number of benzene rings is 1. The molecule has 1 aliphatic rings. The van der Waals surface area contributed by atoms with Crippen molar-refractivity contribution in [3.8, 4) is 5.75 Å². The van der Waals surface area contributed by atoms with Crippen LogP contribution in [0.3, 0.4) is 0 Å². The van der Waals surface area contributed by atoms with Crippen LogP contribution < -0.4 is 21.3 Å². The lowest BCUT2D eigenvalue weighted by molar-refractivity contribution is -0.142. The van der Waals surface area contributed by atoms with E-state index in [0.29, 0.717) is 17.7 Å². The molecular formula is C21H30N4O6S. The first-order chi connectivity index (χ1) is 15.3. The molecule has 11 heteroatoms. The first-order valence-corrected chi connectivity index (χ1v) is 11.8. The van der Waals surface area contributed by atoms with Crippen LogP contribution in [0.1, 0.15) is 24.8 Å². The molecule has 1 aliphatic heterocycles. The predicted molar refractivity (Wildman–Crippen MR) is 120 cm³/mol. The number of rotatable bonds is 12. The molecule has 0 aliphatic carbocycles. The summed E-state index contributed by atoms with van der Waals surface area (Å²) in [5.74, 6) is -2.02. The lowest BCUT2D eigenvalue weighted by Crippen LogP contribution is -2.54. The van der Waals surface area contributed by atoms with Crippen LogP contribution in [-0.4, -0.2) is 77.1 Å². The van der Waals surface area contributed by atoms with Gasteiger partial charge in [-0.25, -0.2) is 4.79 Å². The van der Waals surface area contributed by atoms with E-state index in [9.17, 15) is 29.4 Å². The average molecular weight is 467 g/mol. The van der Waals surface area contributed by atoms with Gasteiger partial charge in [0.25, 0.3) is 0 Å². The summed E-state index contributed by atoms with van der Waals surface area (Å²) in [4.78, 5) is 48.8. The van der Waals surface area contributed by atoms with Crippen molar-refractivity contribution < 1.29 is 29.4 Å². The van der Waals surface area contributed by atoms with Crippen molar-refractivity contribution in [3.63, 3.8) is 0 Å². The summed E-state index contributed by atoms with van der Waals surface area (Å²) in [5, 5.41) is 29.5. The van der Waals surface area contributed by atoms with Crippen LogP contribution in [0.4, 0.5) is 0 Å². The molecule has 0 aromatic heterocycles. The van der Waals surface area contributed by atoms with Gasteiger partial charge in [-0.15, -0.1) is 0 Å². The van der Waals surface area contributed by atoms with Crippen molar-refractivity contribution in [2.75, 3.05) is 25.1 Å². The van der Waals surface area contributed by atoms with E-state index in [4.69, 9.17) is 0 Å². The third-order valence-electron chi connectivity index (χ3n) is 5.05. The molecule has 2 rings (SSSR count). The summed E-state index contributed by atoms with van der Waals surface area (Å²) < 4.78 is 0. The van der Waals surface area contributed by atoms with Gasteiger partial charge in [0.05, 0.1) is 12.6 Å². The highest BCUT2D eigenvalue weighted by Gasteiger charge is 2.27. The highest BCUT2D eigenvalue weighted by molar-refractivity contribution is 7.98. The lowest BCUT2D eigenvalue weighted by atomic mass is 10.0. The largest absolute Gasteiger partial charge is 0.508 e. The molecule has 1 aromatic rings. The number of aliphatic carboxylic acids is 1. The van der Waals surface area contributed by atoms with E-state index in [-0.39, 0.29) is 37.1 Å². The highest BCUT2D eigenvalue weighted by Crippen LogP contribution is 2.12. The Bertz CT molecular complexity index is 798. The van der Waals surface area contributed by atoms with E-state index in [0.717, 1.165) is 13.0 Å². The van der Waals surface area contributed by atoms with E-state index in [1.54, 1.807) is 12.1 Å². The molecule has 3 unspecified atom stereocenters. The number of amides is 3. The zero-order valence-electron chi connectivity index (χ0n) is 17.9. The number of nitrogens with one attached hydrogen (secondary N) is 4. The third-order valence-corrected chi connectivity index (χ3v) is 5.70. The quantitative estimate of drug-likeness (QED) is 0.243. The SMILES string of the molecule is CSCCC(NC(=O)C(Cc1ccc(O)cc1)NC(=O)CNC(=O)C1CCCN1)C(=O)O. The fourth-order valence-corrected chi connectivity index (χ4v) is 3.76. The minimum Gasteiger partial charge on any atom is -0.508 e. The van der Waals surface area contributed by atoms with Crippen LogP contribution in [0.15, 0.2) is 24.3 Å². The Labute approximate surface area is 190 Å². The highest BCUT2D eigenvalue weighted by atomic mass is 32.2. The van der Waals surface area contributed by atoms with Crippen LogP contribution in [0.5, 0.6) is 5.75 Å². The molecule has 10 nitrogen and oxygen atoms in total. The fourth-order valence-electron chi connectivity index (χ4n) is 3.29. The van der Waals surface area contributed by atoms with Gasteiger partial charge in [0.2, 0.25) is 17.7 Å². The first kappa shape index (κ1) is 25.5. The van der Waals surface area contributed by atoms with E-state index in [2.05, 4.69) is 21.3 Å². The normalized spacial score (nSPS) is 17.2. The molecule has 6 N–H and O–H groups in total. The monoisotopic (exact) mass is 466 g/mol. The maximum Gasteiger partial charge on any atom is 0.326 e. The number of carbonyl (C=O) groups is 4. The van der Waals surface area contributed by atoms with Gasteiger partial charge in [-0.05, 0) is 55.5 Å². The smallest absolute Gasteiger partial charge is 0.326 e. The van der Waals surface area contributed by atoms with Gasteiger partial charge in [-0.2, -0.15) is 11.8 Å². The van der Waals surface area contributed by atoms with E-state index in [1.807, 2.05) is 6.26 Å². The number of aromatic hydroxyl groups is 1. The molecule has 1 aromatic carbocycles. The van der Waals surface area contributed by atoms with Gasteiger partial charge in [-0.3, -0.25) is 14.4 Å². The number of phenolic OH excluding ortho intramolecular Hbond substituents is 1. The molecular weight excluding hydrogens is 436 g/mol. The maximum atomic E-state index is 12.8. The topological polar surface area (TPSA) is 157 Å². The molecule has 1 saturated heterocycles. The standard InChI is InChI=1S/C21H30N4O6S/c1-32-10-8-16(21(30)31)25-20(29)17(11-13-4-6-14(26)7-5-13)24-18(27)12-23-19(28)15-3-2-9-22-15/h4-7,15-17,22,26H,2-3,8-12H2,1H3,(H,23,28)(H,24,27)(H,25,29)(H,30,31). The molecule has 1 fully saturated rings. The second kappa shape index (κ2) is 12.9. The van der Waals surface area contributed by atoms with Crippen LogP contribution in [-0.2, 0) is 25.6 Å². The number of phenols is 1. The maximum absolute atomic E-state index is 12.8. The van der Waals surface area contributed by atoms with Crippen molar-refractivity contribution in [2.45, 2.75) is 43.8 Å². The Morgan fingerprint density at radius 1 is 1.16 bits per heavy atom. The Balaban J connectivity index is 2.02. The van der Waals surface area contributed by atoms with Crippen LogP contribution in [0.25, 0.3) is 0 Å². The summed E-state index contributed by atoms with van der Waals surface area (Å²) in [5.41, 5.74) is 0.665. The van der Waals surface area contributed by atoms with Crippen molar-refractivity contribution in [1.29, 1.82) is 0 Å². The van der Waals surface area contributed by atoms with E-state index >= 15 is 0 Å². The molecule has 0 saturated carbocycles. The molecule has 0 bridgehead atoms. The summed E-state index contributed by atoms with van der Waals surface area (Å²) >= 11 is 1.46. The molecule has 32 heavy (non-hydrogen) atoms. The third kappa shape index (κ3) is 8.39. The summed E-state index contributed by atoms with van der Waals surface area (Å²) in [7, 11) is 0. The second-order valence-corrected chi connectivity index (χ2v) is 8.52. The fraction of sp³-hybridized carbons (Fsp3) is 0.524. The number of thioether (sulfide) groups is 1. The Kier molecular flexibility index (Phi) is 10.3. The van der Waals surface area contributed by atoms with Gasteiger partial charge >= 0.3 is 5.97 Å². The van der Waals surface area contributed by atoms with Gasteiger partial charge in [0.1, 0.15) is 17.8 Å². The predicted octanol–water partition coefficient (Wildman–Crippen LogP) is -0.390. The van der Waals surface area contributed by atoms with E-state index in [1.165, 1.54) is 23.9 Å². The number of hydrogen-bond donors (Lipinski definition) is 6. The summed E-state index contributed by atoms with van der Waals surface area (Å²) in [6, 6.07) is 3.67. The lowest BCUT2D eigenvalue weighted by Gasteiger charge is -2.22. The molecule has 0 radical (unpaired) electrons. The summed E-state index contributed by atoms with van der Waals surface area (Å²) in [6.45, 7) is 0.450. The van der Waals surface area contributed by atoms with Gasteiger partial charge in [0, 0.05) is 6.42 Å². The zero-order valence-corrected chi connectivity index (χ0v) is 18.7. The first-order valence-electron chi connectivity index (χ1n) is 10.4. The van der Waals surface area contributed by atoms with Gasteiger partial charge < -0.3 is 31.5 Å². The second-order valence-electron chi connectivity index (χ2n) is 7.54. The van der Waals surface area contributed by atoms with Gasteiger partial charge in [0.15, 0.2) is 0 Å². The van der Waals surface area contributed by atoms with Crippen molar-refractivity contribution in [3.05, 3.63) is 29.8 Å². The molecule has 1 heterocycles. The Hall–Kier alpha value is -2.79. The van der Waals surface area contributed by atoms with E-state index < -0.39 is 29.9 Å². The van der Waals surface area contributed by atoms with Crippen LogP contribution in [0.2, 0.25) is 0 Å². The number of hydrogen-bond acceptors (Lipinski definition) is 7. The minimum absolute atomic E-state index is 0.0602. The van der Waals surface area contributed by atoms with Gasteiger partial charge in [-0.1, -0.05) is 12.1 Å². The Morgan fingerprint density at radius 3 is 2.47 bits per heavy atom. The Morgan fingerprint density at radius 2 is 1.88 bits per heavy atom. The number of carboxylic acids is 1. The molecule has 176 valence electrons. The minimum atomic E-state index is -1.15.